The second kappa shape index (κ2) is 12.8. The summed E-state index contributed by atoms with van der Waals surface area (Å²) in [5.41, 5.74) is 6.13. The van der Waals surface area contributed by atoms with Crippen molar-refractivity contribution >= 4 is 35.0 Å². The molecular weight excluding hydrogens is 617 g/mol. The highest BCUT2D eigenvalue weighted by atomic mass is 32.1. The van der Waals surface area contributed by atoms with Gasteiger partial charge in [0, 0.05) is 22.6 Å². The summed E-state index contributed by atoms with van der Waals surface area (Å²) < 4.78 is 28.5. The standard InChI is InChI=1S/C37H32FN3O5S/c1-6-46-36(44)31-32(24-11-8-7-9-12-24)39-37-41(33(31)25-15-17-27(38)18-16-25)34(42)30(47-37)20-26-19-21(2)40(23(26)4)29-14-10-13-28(22(29)3)35(43)45-5/h7-20,33H,6H2,1-5H3/b30-20+/t33-/m0/s1. The molecule has 0 saturated carbocycles. The highest BCUT2D eigenvalue weighted by Crippen LogP contribution is 2.35. The number of esters is 2. The molecule has 3 heterocycles. The second-order valence-electron chi connectivity index (χ2n) is 11.1. The molecule has 1 aliphatic heterocycles. The van der Waals surface area contributed by atoms with E-state index in [0.717, 1.165) is 28.2 Å². The van der Waals surface area contributed by atoms with Gasteiger partial charge in [0.05, 0.1) is 41.1 Å². The minimum absolute atomic E-state index is 0.128. The summed E-state index contributed by atoms with van der Waals surface area (Å²) in [4.78, 5) is 45.6. The maximum atomic E-state index is 14.3. The summed E-state index contributed by atoms with van der Waals surface area (Å²) in [6.07, 6.45) is 1.82. The summed E-state index contributed by atoms with van der Waals surface area (Å²) in [5, 5.41) is 0. The molecule has 0 amide bonds. The lowest BCUT2D eigenvalue weighted by molar-refractivity contribution is -0.138. The molecule has 0 radical (unpaired) electrons. The highest BCUT2D eigenvalue weighted by Gasteiger charge is 2.35. The number of nitrogens with zero attached hydrogens (tertiary/aromatic N) is 3. The van der Waals surface area contributed by atoms with Crippen molar-refractivity contribution in [2.75, 3.05) is 13.7 Å². The van der Waals surface area contributed by atoms with E-state index in [4.69, 9.17) is 14.5 Å². The number of benzene rings is 3. The second-order valence-corrected chi connectivity index (χ2v) is 12.1. The lowest BCUT2D eigenvalue weighted by Gasteiger charge is -2.25. The van der Waals surface area contributed by atoms with Gasteiger partial charge < -0.3 is 14.0 Å². The van der Waals surface area contributed by atoms with Crippen molar-refractivity contribution < 1.29 is 23.5 Å². The normalized spacial score (nSPS) is 14.5. The Bertz CT molecular complexity index is 2250. The van der Waals surface area contributed by atoms with Gasteiger partial charge in [-0.3, -0.25) is 9.36 Å². The zero-order valence-electron chi connectivity index (χ0n) is 26.5. The molecule has 1 aliphatic rings. The predicted molar refractivity (Wildman–Crippen MR) is 179 cm³/mol. The van der Waals surface area contributed by atoms with Gasteiger partial charge in [-0.05, 0) is 80.8 Å². The van der Waals surface area contributed by atoms with E-state index in [0.29, 0.717) is 31.7 Å². The first-order chi connectivity index (χ1) is 22.6. The Hall–Kier alpha value is -5.35. The van der Waals surface area contributed by atoms with Gasteiger partial charge in [-0.1, -0.05) is 59.9 Å². The largest absolute Gasteiger partial charge is 0.465 e. The number of ether oxygens (including phenoxy) is 2. The highest BCUT2D eigenvalue weighted by molar-refractivity contribution is 7.07. The predicted octanol–water partition coefficient (Wildman–Crippen LogP) is 5.58. The Balaban J connectivity index is 1.58. The van der Waals surface area contributed by atoms with Crippen molar-refractivity contribution in [1.29, 1.82) is 0 Å². The fourth-order valence-corrected chi connectivity index (χ4v) is 7.04. The number of methoxy groups -OCH3 is 1. The van der Waals surface area contributed by atoms with Crippen molar-refractivity contribution in [2.45, 2.75) is 33.7 Å². The number of thiazole rings is 1. The molecule has 3 aromatic carbocycles. The molecule has 1 atom stereocenters. The molecule has 47 heavy (non-hydrogen) atoms. The average molecular weight is 650 g/mol. The van der Waals surface area contributed by atoms with Crippen LogP contribution in [0, 0.1) is 26.6 Å². The monoisotopic (exact) mass is 649 g/mol. The minimum atomic E-state index is -0.903. The van der Waals surface area contributed by atoms with Gasteiger partial charge in [-0.2, -0.15) is 0 Å². The Morgan fingerprint density at radius 3 is 2.38 bits per heavy atom. The molecule has 8 nitrogen and oxygen atoms in total. The first-order valence-electron chi connectivity index (χ1n) is 15.1. The summed E-state index contributed by atoms with van der Waals surface area (Å²) in [6.45, 7) is 7.63. The van der Waals surface area contributed by atoms with E-state index in [1.54, 1.807) is 25.1 Å². The van der Waals surface area contributed by atoms with Crippen LogP contribution in [-0.2, 0) is 14.3 Å². The molecule has 0 bridgehead atoms. The van der Waals surface area contributed by atoms with E-state index in [9.17, 15) is 18.8 Å². The van der Waals surface area contributed by atoms with E-state index in [-0.39, 0.29) is 17.7 Å². The Kier molecular flexibility index (Phi) is 8.62. The molecule has 5 aromatic rings. The molecule has 10 heteroatoms. The van der Waals surface area contributed by atoms with Gasteiger partial charge >= 0.3 is 11.9 Å². The van der Waals surface area contributed by atoms with Crippen molar-refractivity contribution in [3.05, 3.63) is 149 Å². The molecule has 0 unspecified atom stereocenters. The number of carbonyl (C=O) groups excluding carboxylic acids is 2. The molecule has 0 spiro atoms. The Morgan fingerprint density at radius 1 is 0.979 bits per heavy atom. The SMILES string of the molecule is CCOC(=O)C1=C(c2ccccc2)N=c2s/c(=C/c3cc(C)n(-c4cccc(C(=O)OC)c4C)c3C)c(=O)n2[C@H]1c1ccc(F)cc1. The van der Waals surface area contributed by atoms with Gasteiger partial charge in [0.1, 0.15) is 5.82 Å². The van der Waals surface area contributed by atoms with E-state index in [2.05, 4.69) is 0 Å². The number of hydrogen-bond donors (Lipinski definition) is 0. The Labute approximate surface area is 274 Å². The molecule has 0 N–H and O–H groups in total. The van der Waals surface area contributed by atoms with Gasteiger partial charge in [0.2, 0.25) is 0 Å². The molecule has 6 rings (SSSR count). The van der Waals surface area contributed by atoms with E-state index < -0.39 is 23.8 Å². The van der Waals surface area contributed by atoms with Gasteiger partial charge in [-0.15, -0.1) is 0 Å². The van der Waals surface area contributed by atoms with Crippen LogP contribution < -0.4 is 14.9 Å². The third-order valence-electron chi connectivity index (χ3n) is 8.27. The molecular formula is C37H32FN3O5S. The lowest BCUT2D eigenvalue weighted by atomic mass is 9.93. The summed E-state index contributed by atoms with van der Waals surface area (Å²) in [6, 6.07) is 21.6. The maximum absolute atomic E-state index is 14.3. The van der Waals surface area contributed by atoms with Crippen LogP contribution in [0.2, 0.25) is 0 Å². The number of halogens is 1. The number of aryl methyl sites for hydroxylation is 1. The number of carbonyl (C=O) groups is 2. The molecule has 0 aliphatic carbocycles. The van der Waals surface area contributed by atoms with Crippen LogP contribution >= 0.6 is 11.3 Å². The van der Waals surface area contributed by atoms with Crippen molar-refractivity contribution in [2.24, 2.45) is 4.99 Å². The molecule has 0 fully saturated rings. The topological polar surface area (TPSA) is 91.9 Å². The van der Waals surface area contributed by atoms with E-state index in [1.165, 1.54) is 35.1 Å². The number of aromatic nitrogens is 2. The van der Waals surface area contributed by atoms with Gasteiger partial charge in [-0.25, -0.2) is 19.0 Å². The van der Waals surface area contributed by atoms with E-state index >= 15 is 0 Å². The number of hydrogen-bond acceptors (Lipinski definition) is 7. The van der Waals surface area contributed by atoms with Crippen molar-refractivity contribution in [1.82, 2.24) is 9.13 Å². The third kappa shape index (κ3) is 5.65. The third-order valence-corrected chi connectivity index (χ3v) is 9.25. The zero-order chi connectivity index (χ0) is 33.4. The van der Waals surface area contributed by atoms with Gasteiger partial charge in [0.15, 0.2) is 4.80 Å². The summed E-state index contributed by atoms with van der Waals surface area (Å²) >= 11 is 1.21. The van der Waals surface area contributed by atoms with Crippen LogP contribution in [0.3, 0.4) is 0 Å². The first kappa shape index (κ1) is 31.6. The van der Waals surface area contributed by atoms with Crippen LogP contribution in [-0.4, -0.2) is 34.8 Å². The minimum Gasteiger partial charge on any atom is -0.465 e. The average Bonchev–Trinajstić information content (AvgIpc) is 3.53. The van der Waals surface area contributed by atoms with Crippen molar-refractivity contribution in [3.8, 4) is 5.69 Å². The van der Waals surface area contributed by atoms with Crippen LogP contribution in [0.5, 0.6) is 0 Å². The molecule has 0 saturated heterocycles. The summed E-state index contributed by atoms with van der Waals surface area (Å²) in [7, 11) is 1.35. The first-order valence-corrected chi connectivity index (χ1v) is 15.9. The van der Waals surface area contributed by atoms with Gasteiger partial charge in [0.25, 0.3) is 5.56 Å². The molecule has 2 aromatic heterocycles. The van der Waals surface area contributed by atoms with Crippen LogP contribution in [0.15, 0.2) is 94.2 Å². The maximum Gasteiger partial charge on any atom is 0.338 e. The molecule has 238 valence electrons. The number of rotatable bonds is 7. The lowest BCUT2D eigenvalue weighted by Crippen LogP contribution is -2.40. The van der Waals surface area contributed by atoms with Crippen LogP contribution in [0.1, 0.15) is 57.0 Å². The fourth-order valence-electron chi connectivity index (χ4n) is 6.04. The van der Waals surface area contributed by atoms with Crippen LogP contribution in [0.25, 0.3) is 17.5 Å². The van der Waals surface area contributed by atoms with E-state index in [1.807, 2.05) is 79.9 Å². The quantitative estimate of drug-likeness (QED) is 0.215. The zero-order valence-corrected chi connectivity index (χ0v) is 27.4. The van der Waals surface area contributed by atoms with Crippen LogP contribution in [0.4, 0.5) is 4.39 Å². The number of fused-ring (bicyclic) bond motifs is 1. The Morgan fingerprint density at radius 2 is 1.70 bits per heavy atom. The fraction of sp³-hybridized carbons (Fsp3) is 0.189. The summed E-state index contributed by atoms with van der Waals surface area (Å²) in [5.74, 6) is -1.46. The van der Waals surface area contributed by atoms with Crippen molar-refractivity contribution in [3.63, 3.8) is 0 Å². The smallest absolute Gasteiger partial charge is 0.338 e.